The fraction of sp³-hybridized carbons (Fsp3) is 0.786. The molecule has 7 heteroatoms. The van der Waals surface area contributed by atoms with Gasteiger partial charge in [-0.15, -0.1) is 0 Å². The van der Waals surface area contributed by atoms with Crippen LogP contribution in [0, 0.1) is 0 Å². The van der Waals surface area contributed by atoms with Crippen molar-refractivity contribution in [2.45, 2.75) is 59.2 Å². The fourth-order valence-electron chi connectivity index (χ4n) is 2.30. The zero-order valence-corrected chi connectivity index (χ0v) is 14.3. The molecule has 21 heavy (non-hydrogen) atoms. The minimum atomic E-state index is -4.20. The number of quaternary nitrogens is 1. The van der Waals surface area contributed by atoms with E-state index in [-0.39, 0.29) is 23.9 Å². The van der Waals surface area contributed by atoms with Crippen molar-refractivity contribution in [3.8, 4) is 0 Å². The van der Waals surface area contributed by atoms with E-state index < -0.39 is 16.1 Å². The third-order valence-corrected chi connectivity index (χ3v) is 4.51. The summed E-state index contributed by atoms with van der Waals surface area (Å²) in [4.78, 5) is 12.6. The molecule has 0 aromatic carbocycles. The maximum atomic E-state index is 11.5. The first-order chi connectivity index (χ1) is 9.49. The minimum absolute atomic E-state index is 0.0114. The van der Waals surface area contributed by atoms with Crippen LogP contribution in [-0.4, -0.2) is 49.4 Å². The van der Waals surface area contributed by atoms with E-state index in [0.717, 1.165) is 11.4 Å². The molecule has 0 saturated carbocycles. The number of carbonyl (C=O) groups excluding carboxylic acids is 1. The summed E-state index contributed by atoms with van der Waals surface area (Å²) in [5, 5.41) is 0. The summed E-state index contributed by atoms with van der Waals surface area (Å²) in [5.41, 5.74) is 0.345. The normalized spacial score (nSPS) is 17.6. The highest BCUT2D eigenvalue weighted by Gasteiger charge is 2.29. The van der Waals surface area contributed by atoms with Gasteiger partial charge < -0.3 is 14.2 Å². The number of nitrogens with one attached hydrogen (secondary N) is 1. The molecule has 0 aliphatic rings. The van der Waals surface area contributed by atoms with Crippen LogP contribution in [-0.2, 0) is 19.6 Å². The van der Waals surface area contributed by atoms with Crippen LogP contribution in [0.15, 0.2) is 12.2 Å². The zero-order valence-electron chi connectivity index (χ0n) is 13.5. The van der Waals surface area contributed by atoms with Crippen molar-refractivity contribution in [1.29, 1.82) is 0 Å². The van der Waals surface area contributed by atoms with Gasteiger partial charge in [0.25, 0.3) is 0 Å². The van der Waals surface area contributed by atoms with Gasteiger partial charge in [-0.25, -0.2) is 13.2 Å². The van der Waals surface area contributed by atoms with Gasteiger partial charge in [0.05, 0.1) is 22.7 Å². The Morgan fingerprint density at radius 2 is 1.86 bits per heavy atom. The van der Waals surface area contributed by atoms with Crippen molar-refractivity contribution in [3.05, 3.63) is 12.2 Å². The van der Waals surface area contributed by atoms with E-state index >= 15 is 0 Å². The Morgan fingerprint density at radius 3 is 2.24 bits per heavy atom. The van der Waals surface area contributed by atoms with Gasteiger partial charge in [-0.05, 0) is 34.6 Å². The van der Waals surface area contributed by atoms with E-state index in [2.05, 4.69) is 6.58 Å². The summed E-state index contributed by atoms with van der Waals surface area (Å²) in [7, 11) is -4.20. The number of hydrogen-bond donors (Lipinski definition) is 1. The lowest BCUT2D eigenvalue weighted by atomic mass is 10.1. The van der Waals surface area contributed by atoms with Gasteiger partial charge in [0.2, 0.25) is 0 Å². The molecule has 0 aliphatic heterocycles. The van der Waals surface area contributed by atoms with Crippen molar-refractivity contribution in [2.75, 3.05) is 12.3 Å². The predicted molar refractivity (Wildman–Crippen MR) is 80.0 cm³/mol. The van der Waals surface area contributed by atoms with E-state index in [1.54, 1.807) is 13.8 Å². The van der Waals surface area contributed by atoms with Gasteiger partial charge in [-0.3, -0.25) is 0 Å². The Labute approximate surface area is 127 Å². The second-order valence-electron chi connectivity index (χ2n) is 5.56. The number of esters is 1. The topological polar surface area (TPSA) is 87.9 Å². The Balaban J connectivity index is 4.69. The van der Waals surface area contributed by atoms with Crippen molar-refractivity contribution in [3.63, 3.8) is 0 Å². The monoisotopic (exact) mass is 321 g/mol. The molecule has 6 nitrogen and oxygen atoms in total. The van der Waals surface area contributed by atoms with Crippen LogP contribution in [0.25, 0.3) is 0 Å². The Hall–Kier alpha value is -0.920. The summed E-state index contributed by atoms with van der Waals surface area (Å²) >= 11 is 0. The highest BCUT2D eigenvalue weighted by molar-refractivity contribution is 7.85. The van der Waals surface area contributed by atoms with E-state index in [4.69, 9.17) is 4.74 Å². The van der Waals surface area contributed by atoms with Gasteiger partial charge >= 0.3 is 5.97 Å². The van der Waals surface area contributed by atoms with Crippen molar-refractivity contribution < 1.29 is 27.4 Å². The molecule has 0 heterocycles. The predicted octanol–water partition coefficient (Wildman–Crippen LogP) is 0.111. The minimum Gasteiger partial charge on any atom is -0.748 e. The third kappa shape index (κ3) is 7.59. The van der Waals surface area contributed by atoms with Crippen LogP contribution in [0.2, 0.25) is 0 Å². The quantitative estimate of drug-likeness (QED) is 0.370. The molecule has 0 amide bonds. The van der Waals surface area contributed by atoms with E-state index in [1.807, 2.05) is 20.8 Å². The maximum absolute atomic E-state index is 11.5. The largest absolute Gasteiger partial charge is 0.748 e. The summed E-state index contributed by atoms with van der Waals surface area (Å²) in [6.45, 7) is 13.5. The molecular formula is C14H27NO5S. The first kappa shape index (κ1) is 20.1. The molecule has 4 atom stereocenters. The maximum Gasteiger partial charge on any atom is 0.333 e. The Bertz CT molecular complexity index is 460. The SMILES string of the molecule is C=C(C)C(=O)OC(C)C(C)[NH+](CC)C(C)CCS(=O)(=O)[O-]. The summed E-state index contributed by atoms with van der Waals surface area (Å²) in [6.07, 6.45) is -0.0315. The molecule has 124 valence electrons. The average molecular weight is 321 g/mol. The number of likely N-dealkylation sites (N-methyl/N-ethyl adjacent to an activating group) is 1. The molecule has 0 aromatic rings. The Morgan fingerprint density at radius 1 is 1.33 bits per heavy atom. The molecule has 0 aliphatic carbocycles. The third-order valence-electron chi connectivity index (χ3n) is 3.77. The van der Waals surface area contributed by atoms with Crippen molar-refractivity contribution in [2.24, 2.45) is 0 Å². The smallest absolute Gasteiger partial charge is 0.333 e. The summed E-state index contributed by atoms with van der Waals surface area (Å²) < 4.78 is 37.5. The molecule has 0 saturated heterocycles. The average Bonchev–Trinajstić information content (AvgIpc) is 2.35. The van der Waals surface area contributed by atoms with Gasteiger partial charge in [0, 0.05) is 17.7 Å². The van der Waals surface area contributed by atoms with E-state index in [0.29, 0.717) is 12.0 Å². The molecule has 4 unspecified atom stereocenters. The van der Waals surface area contributed by atoms with Crippen molar-refractivity contribution >= 4 is 16.1 Å². The second-order valence-corrected chi connectivity index (χ2v) is 7.08. The van der Waals surface area contributed by atoms with Gasteiger partial charge in [0.15, 0.2) is 6.10 Å². The summed E-state index contributed by atoms with van der Waals surface area (Å²) in [6, 6.07) is -0.0256. The molecule has 0 spiro atoms. The van der Waals surface area contributed by atoms with Crippen LogP contribution in [0.4, 0.5) is 0 Å². The lowest BCUT2D eigenvalue weighted by molar-refractivity contribution is -0.947. The molecule has 0 fully saturated rings. The van der Waals surface area contributed by atoms with E-state index in [1.165, 1.54) is 0 Å². The first-order valence-electron chi connectivity index (χ1n) is 7.15. The molecule has 1 N–H and O–H groups in total. The second kappa shape index (κ2) is 8.51. The molecule has 0 radical (unpaired) electrons. The van der Waals surface area contributed by atoms with Gasteiger partial charge in [0.1, 0.15) is 6.04 Å². The number of ether oxygens (including phenoxy) is 1. The molecular weight excluding hydrogens is 294 g/mol. The number of carbonyl (C=O) groups is 1. The van der Waals surface area contributed by atoms with Crippen LogP contribution < -0.4 is 4.90 Å². The zero-order chi connectivity index (χ0) is 16.8. The lowest BCUT2D eigenvalue weighted by Crippen LogP contribution is -3.19. The fourth-order valence-corrected chi connectivity index (χ4v) is 2.94. The van der Waals surface area contributed by atoms with Crippen LogP contribution >= 0.6 is 0 Å². The van der Waals surface area contributed by atoms with Crippen LogP contribution in [0.3, 0.4) is 0 Å². The molecule has 0 rings (SSSR count). The van der Waals surface area contributed by atoms with Gasteiger partial charge in [-0.2, -0.15) is 0 Å². The van der Waals surface area contributed by atoms with Crippen LogP contribution in [0.5, 0.6) is 0 Å². The standard InChI is InChI=1S/C14H27NO5S/c1-7-15(11(4)8-9-21(17,18)19)12(5)13(6)20-14(16)10(2)3/h11-13H,2,7-9H2,1,3-6H3,(H,17,18,19). The molecule has 0 bridgehead atoms. The van der Waals surface area contributed by atoms with Gasteiger partial charge in [-0.1, -0.05) is 6.58 Å². The van der Waals surface area contributed by atoms with Crippen LogP contribution in [0.1, 0.15) is 41.0 Å². The summed E-state index contributed by atoms with van der Waals surface area (Å²) in [5.74, 6) is -0.802. The Kier molecular flexibility index (Phi) is 8.13. The molecule has 0 aromatic heterocycles. The lowest BCUT2D eigenvalue weighted by Gasteiger charge is -2.33. The van der Waals surface area contributed by atoms with E-state index in [9.17, 15) is 17.8 Å². The van der Waals surface area contributed by atoms with Crippen molar-refractivity contribution in [1.82, 2.24) is 0 Å². The number of hydrogen-bond acceptors (Lipinski definition) is 5. The highest BCUT2D eigenvalue weighted by Crippen LogP contribution is 2.02. The first-order valence-corrected chi connectivity index (χ1v) is 8.73. The highest BCUT2D eigenvalue weighted by atomic mass is 32.2. The number of rotatable bonds is 9.